The predicted octanol–water partition coefficient (Wildman–Crippen LogP) is 3.56. The molecule has 28 heavy (non-hydrogen) atoms. The Labute approximate surface area is 159 Å². The van der Waals surface area contributed by atoms with Gasteiger partial charge in [-0.25, -0.2) is 18.5 Å². The summed E-state index contributed by atoms with van der Waals surface area (Å²) >= 11 is 0. The molecule has 0 radical (unpaired) electrons. The lowest BCUT2D eigenvalue weighted by atomic mass is 10.0. The number of anilines is 1. The van der Waals surface area contributed by atoms with Crippen molar-refractivity contribution in [3.63, 3.8) is 0 Å². The van der Waals surface area contributed by atoms with Gasteiger partial charge in [0.1, 0.15) is 5.54 Å². The van der Waals surface area contributed by atoms with Crippen molar-refractivity contribution in [3.05, 3.63) is 53.1 Å². The number of hydrogen-bond acceptors (Lipinski definition) is 4. The normalized spacial score (nSPS) is 16.1. The molecule has 3 rings (SSSR count). The van der Waals surface area contributed by atoms with Gasteiger partial charge in [-0.15, -0.1) is 0 Å². The summed E-state index contributed by atoms with van der Waals surface area (Å²) in [5.41, 5.74) is -1.82. The summed E-state index contributed by atoms with van der Waals surface area (Å²) < 4.78 is 47.9. The van der Waals surface area contributed by atoms with Gasteiger partial charge >= 0.3 is 6.03 Å². The van der Waals surface area contributed by atoms with E-state index in [9.17, 15) is 22.8 Å². The highest BCUT2D eigenvalue weighted by molar-refractivity contribution is 6.23. The molecule has 0 bridgehead atoms. The number of amides is 3. The van der Waals surface area contributed by atoms with Crippen molar-refractivity contribution in [1.82, 2.24) is 9.88 Å². The molecular weight excluding hydrogens is 375 g/mol. The second kappa shape index (κ2) is 6.81. The zero-order valence-electron chi connectivity index (χ0n) is 15.7. The van der Waals surface area contributed by atoms with Crippen molar-refractivity contribution in [1.29, 1.82) is 0 Å². The van der Waals surface area contributed by atoms with Crippen LogP contribution in [0.1, 0.15) is 25.0 Å². The van der Waals surface area contributed by atoms with Gasteiger partial charge < -0.3 is 9.64 Å². The lowest BCUT2D eigenvalue weighted by Crippen LogP contribution is -2.43. The Bertz CT molecular complexity index is 935. The number of methoxy groups -OCH3 is 1. The van der Waals surface area contributed by atoms with Gasteiger partial charge in [-0.1, -0.05) is 0 Å². The zero-order chi connectivity index (χ0) is 20.8. The lowest BCUT2D eigenvalue weighted by molar-refractivity contribution is -0.123. The van der Waals surface area contributed by atoms with E-state index in [0.29, 0.717) is 10.5 Å². The number of benzene rings is 1. The topological polar surface area (TPSA) is 62.7 Å². The zero-order valence-corrected chi connectivity index (χ0v) is 15.7. The summed E-state index contributed by atoms with van der Waals surface area (Å²) in [6.45, 7) is 4.16. The van der Waals surface area contributed by atoms with E-state index in [1.165, 1.54) is 31.1 Å². The van der Waals surface area contributed by atoms with Crippen molar-refractivity contribution in [2.24, 2.45) is 0 Å². The highest BCUT2D eigenvalue weighted by atomic mass is 19.2. The Kier molecular flexibility index (Phi) is 4.78. The first-order chi connectivity index (χ1) is 13.1. The summed E-state index contributed by atoms with van der Waals surface area (Å²) in [6.07, 6.45) is 3.06. The molecule has 6 nitrogen and oxygen atoms in total. The van der Waals surface area contributed by atoms with Crippen LogP contribution in [-0.2, 0) is 11.3 Å². The number of halogens is 3. The summed E-state index contributed by atoms with van der Waals surface area (Å²) in [5, 5.41) is 0. The Morgan fingerprint density at radius 1 is 1.07 bits per heavy atom. The van der Waals surface area contributed by atoms with Crippen LogP contribution in [-0.4, -0.2) is 34.5 Å². The minimum absolute atomic E-state index is 0.0401. The fraction of sp³-hybridized carbons (Fsp3) is 0.316. The highest BCUT2D eigenvalue weighted by Gasteiger charge is 2.53. The number of aromatic nitrogens is 1. The fourth-order valence-electron chi connectivity index (χ4n) is 3.15. The van der Waals surface area contributed by atoms with Gasteiger partial charge in [0.05, 0.1) is 12.8 Å². The number of urea groups is 1. The maximum atomic E-state index is 14.7. The van der Waals surface area contributed by atoms with Gasteiger partial charge in [0.2, 0.25) is 5.82 Å². The van der Waals surface area contributed by atoms with Crippen LogP contribution in [0, 0.1) is 24.4 Å². The number of ether oxygens (including phenoxy) is 1. The van der Waals surface area contributed by atoms with Gasteiger partial charge in [-0.3, -0.25) is 9.78 Å². The van der Waals surface area contributed by atoms with E-state index in [0.717, 1.165) is 14.0 Å². The second-order valence-electron chi connectivity index (χ2n) is 6.87. The lowest BCUT2D eigenvalue weighted by Gasteiger charge is -2.27. The maximum Gasteiger partial charge on any atom is 0.332 e. The molecule has 2 heterocycles. The summed E-state index contributed by atoms with van der Waals surface area (Å²) in [4.78, 5) is 31.5. The number of hydrogen-bond donors (Lipinski definition) is 0. The molecule has 1 fully saturated rings. The molecule has 1 aromatic carbocycles. The third-order valence-corrected chi connectivity index (χ3v) is 4.82. The molecule has 0 unspecified atom stereocenters. The Hall–Kier alpha value is -3.10. The van der Waals surface area contributed by atoms with Gasteiger partial charge in [-0.05, 0) is 38.5 Å². The molecule has 9 heteroatoms. The van der Waals surface area contributed by atoms with Crippen LogP contribution in [0.5, 0.6) is 5.75 Å². The van der Waals surface area contributed by atoms with E-state index in [-0.39, 0.29) is 6.54 Å². The number of pyridine rings is 1. The molecule has 1 aliphatic rings. The van der Waals surface area contributed by atoms with Gasteiger partial charge in [0.15, 0.2) is 17.4 Å². The number of nitrogens with zero attached hydrogens (tertiary/aromatic N) is 3. The van der Waals surface area contributed by atoms with E-state index in [1.807, 2.05) is 0 Å². The first-order valence-corrected chi connectivity index (χ1v) is 8.39. The summed E-state index contributed by atoms with van der Waals surface area (Å²) in [6, 6.07) is 2.45. The average Bonchev–Trinajstić information content (AvgIpc) is 2.83. The van der Waals surface area contributed by atoms with E-state index in [4.69, 9.17) is 0 Å². The van der Waals surface area contributed by atoms with E-state index < -0.39 is 51.9 Å². The highest BCUT2D eigenvalue weighted by Crippen LogP contribution is 2.40. The predicted molar refractivity (Wildman–Crippen MR) is 94.3 cm³/mol. The van der Waals surface area contributed by atoms with Crippen molar-refractivity contribution in [2.45, 2.75) is 32.9 Å². The Morgan fingerprint density at radius 2 is 1.68 bits per heavy atom. The minimum Gasteiger partial charge on any atom is -0.491 e. The monoisotopic (exact) mass is 393 g/mol. The first kappa shape index (κ1) is 19.7. The summed E-state index contributed by atoms with van der Waals surface area (Å²) in [7, 11) is 0.992. The minimum atomic E-state index is -1.61. The molecule has 0 atom stereocenters. The van der Waals surface area contributed by atoms with Crippen LogP contribution < -0.4 is 9.64 Å². The van der Waals surface area contributed by atoms with Gasteiger partial charge in [-0.2, -0.15) is 4.39 Å². The standard InChI is InChI=1S/C19H18F3N3O3/c1-10-12(20)16(28-4)14(22)13(21)15(10)25-17(26)19(2,3)24(18(25)27)9-11-5-7-23-8-6-11/h5-8H,9H2,1-4H3. The van der Waals surface area contributed by atoms with Crippen molar-refractivity contribution in [3.8, 4) is 5.75 Å². The van der Waals surface area contributed by atoms with E-state index >= 15 is 0 Å². The van der Waals surface area contributed by atoms with Crippen molar-refractivity contribution in [2.75, 3.05) is 12.0 Å². The molecule has 3 amide bonds. The number of carbonyl (C=O) groups is 2. The molecule has 0 N–H and O–H groups in total. The number of imide groups is 1. The molecule has 1 aliphatic heterocycles. The molecule has 148 valence electrons. The molecule has 1 saturated heterocycles. The average molecular weight is 393 g/mol. The summed E-state index contributed by atoms with van der Waals surface area (Å²) in [5.74, 6) is -6.02. The molecule has 1 aromatic heterocycles. The third-order valence-electron chi connectivity index (χ3n) is 4.82. The quantitative estimate of drug-likeness (QED) is 0.589. The molecule has 0 aliphatic carbocycles. The van der Waals surface area contributed by atoms with Crippen LogP contribution >= 0.6 is 0 Å². The first-order valence-electron chi connectivity index (χ1n) is 8.39. The van der Waals surface area contributed by atoms with Gasteiger partial charge in [0.25, 0.3) is 5.91 Å². The van der Waals surface area contributed by atoms with Crippen LogP contribution in [0.2, 0.25) is 0 Å². The third kappa shape index (κ3) is 2.78. The van der Waals surface area contributed by atoms with E-state index in [2.05, 4.69) is 9.72 Å². The molecule has 0 saturated carbocycles. The fourth-order valence-corrected chi connectivity index (χ4v) is 3.15. The molecular formula is C19H18F3N3O3. The molecule has 2 aromatic rings. The largest absolute Gasteiger partial charge is 0.491 e. The van der Waals surface area contributed by atoms with Crippen LogP contribution in [0.3, 0.4) is 0 Å². The van der Waals surface area contributed by atoms with Crippen molar-refractivity contribution < 1.29 is 27.5 Å². The Balaban J connectivity index is 2.12. The van der Waals surface area contributed by atoms with Crippen molar-refractivity contribution >= 4 is 17.6 Å². The van der Waals surface area contributed by atoms with Crippen LogP contribution in [0.25, 0.3) is 0 Å². The SMILES string of the molecule is COc1c(F)c(C)c(N2C(=O)N(Cc3ccncc3)C(C)(C)C2=O)c(F)c1F. The Morgan fingerprint density at radius 3 is 2.25 bits per heavy atom. The second-order valence-corrected chi connectivity index (χ2v) is 6.87. The van der Waals surface area contributed by atoms with Crippen LogP contribution in [0.4, 0.5) is 23.7 Å². The molecule has 0 spiro atoms. The van der Waals surface area contributed by atoms with Gasteiger partial charge in [0, 0.05) is 24.5 Å². The number of carbonyl (C=O) groups excluding carboxylic acids is 2. The maximum absolute atomic E-state index is 14.7. The van der Waals surface area contributed by atoms with Crippen LogP contribution in [0.15, 0.2) is 24.5 Å². The van der Waals surface area contributed by atoms with E-state index in [1.54, 1.807) is 12.1 Å². The number of rotatable bonds is 4. The smallest absolute Gasteiger partial charge is 0.332 e.